The molecule has 0 spiro atoms. The predicted octanol–water partition coefficient (Wildman–Crippen LogP) is 2.66. The van der Waals surface area contributed by atoms with Crippen LogP contribution in [0.2, 0.25) is 0 Å². The molecule has 4 nitrogen and oxygen atoms in total. The first-order valence-electron chi connectivity index (χ1n) is 7.48. The predicted molar refractivity (Wildman–Crippen MR) is 88.0 cm³/mol. The van der Waals surface area contributed by atoms with Crippen LogP contribution in [0.5, 0.6) is 0 Å². The van der Waals surface area contributed by atoms with Crippen LogP contribution in [0.15, 0.2) is 35.1 Å². The standard InChI is InChI=1S/C18H23NO3/c1-13-5-6-15(11-14(13)2)17-8-7-16(12-20)18(21)19(17)9-4-10-22-3/h5-8,11,20H,4,9-10,12H2,1-3H3. The van der Waals surface area contributed by atoms with Gasteiger partial charge in [0.1, 0.15) is 0 Å². The van der Waals surface area contributed by atoms with Crippen LogP contribution in [0, 0.1) is 13.8 Å². The van der Waals surface area contributed by atoms with Crippen LogP contribution < -0.4 is 5.56 Å². The van der Waals surface area contributed by atoms with Crippen molar-refractivity contribution in [3.63, 3.8) is 0 Å². The monoisotopic (exact) mass is 301 g/mol. The minimum absolute atomic E-state index is 0.130. The molecule has 2 rings (SSSR count). The molecule has 1 N–H and O–H groups in total. The Bertz CT molecular complexity index is 704. The fourth-order valence-electron chi connectivity index (χ4n) is 2.49. The molecule has 4 heteroatoms. The van der Waals surface area contributed by atoms with Crippen molar-refractivity contribution < 1.29 is 9.84 Å². The highest BCUT2D eigenvalue weighted by molar-refractivity contribution is 5.61. The van der Waals surface area contributed by atoms with Crippen LogP contribution in [0.4, 0.5) is 0 Å². The minimum Gasteiger partial charge on any atom is -0.391 e. The Kier molecular flexibility index (Phi) is 5.52. The Morgan fingerprint density at radius 2 is 1.91 bits per heavy atom. The van der Waals surface area contributed by atoms with Gasteiger partial charge in [-0.15, -0.1) is 0 Å². The molecule has 1 heterocycles. The Labute approximate surface area is 131 Å². The number of benzene rings is 1. The lowest BCUT2D eigenvalue weighted by molar-refractivity contribution is 0.190. The van der Waals surface area contributed by atoms with Gasteiger partial charge in [0, 0.05) is 25.8 Å². The molecule has 0 bridgehead atoms. The Hall–Kier alpha value is -1.91. The van der Waals surface area contributed by atoms with Gasteiger partial charge in [-0.3, -0.25) is 4.79 Å². The lowest BCUT2D eigenvalue weighted by atomic mass is 10.0. The fraction of sp³-hybridized carbons (Fsp3) is 0.389. The van der Waals surface area contributed by atoms with Crippen molar-refractivity contribution in [1.29, 1.82) is 0 Å². The lowest BCUT2D eigenvalue weighted by Crippen LogP contribution is -2.25. The summed E-state index contributed by atoms with van der Waals surface area (Å²) in [5.74, 6) is 0. The molecule has 0 saturated carbocycles. The number of hydrogen-bond donors (Lipinski definition) is 1. The Morgan fingerprint density at radius 3 is 2.55 bits per heavy atom. The van der Waals surface area contributed by atoms with Gasteiger partial charge in [-0.05, 0) is 55.2 Å². The van der Waals surface area contributed by atoms with Gasteiger partial charge in [0.15, 0.2) is 0 Å². The highest BCUT2D eigenvalue weighted by atomic mass is 16.5. The summed E-state index contributed by atoms with van der Waals surface area (Å²) in [5.41, 5.74) is 4.60. The summed E-state index contributed by atoms with van der Waals surface area (Å²) >= 11 is 0. The van der Waals surface area contributed by atoms with Crippen LogP contribution in [-0.2, 0) is 17.9 Å². The van der Waals surface area contributed by atoms with E-state index in [4.69, 9.17) is 4.74 Å². The first-order valence-corrected chi connectivity index (χ1v) is 7.48. The molecule has 118 valence electrons. The topological polar surface area (TPSA) is 51.5 Å². The number of aliphatic hydroxyl groups is 1. The lowest BCUT2D eigenvalue weighted by Gasteiger charge is -2.15. The van der Waals surface area contributed by atoms with Crippen LogP contribution >= 0.6 is 0 Å². The molecule has 0 radical (unpaired) electrons. The van der Waals surface area contributed by atoms with E-state index >= 15 is 0 Å². The summed E-state index contributed by atoms with van der Waals surface area (Å²) in [6.45, 7) is 5.06. The van der Waals surface area contributed by atoms with Crippen molar-refractivity contribution in [3.05, 3.63) is 57.4 Å². The molecular formula is C18H23NO3. The van der Waals surface area contributed by atoms with Gasteiger partial charge in [-0.2, -0.15) is 0 Å². The van der Waals surface area contributed by atoms with E-state index in [-0.39, 0.29) is 12.2 Å². The third kappa shape index (κ3) is 3.46. The summed E-state index contributed by atoms with van der Waals surface area (Å²) in [5, 5.41) is 9.32. The summed E-state index contributed by atoms with van der Waals surface area (Å²) in [6, 6.07) is 9.80. The molecule has 0 aliphatic rings. The number of pyridine rings is 1. The SMILES string of the molecule is COCCCn1c(-c2ccc(C)c(C)c2)ccc(CO)c1=O. The van der Waals surface area contributed by atoms with Gasteiger partial charge in [0.05, 0.1) is 12.3 Å². The Morgan fingerprint density at radius 1 is 1.14 bits per heavy atom. The van der Waals surface area contributed by atoms with Crippen LogP contribution in [0.25, 0.3) is 11.3 Å². The normalized spacial score (nSPS) is 10.9. The number of nitrogens with zero attached hydrogens (tertiary/aromatic N) is 1. The van der Waals surface area contributed by atoms with Crippen LogP contribution in [0.3, 0.4) is 0 Å². The first kappa shape index (κ1) is 16.5. The maximum atomic E-state index is 12.5. The van der Waals surface area contributed by atoms with Gasteiger partial charge < -0.3 is 14.4 Å². The molecule has 1 aromatic heterocycles. The van der Waals surface area contributed by atoms with Crippen molar-refractivity contribution in [2.75, 3.05) is 13.7 Å². The third-order valence-electron chi connectivity index (χ3n) is 3.96. The summed E-state index contributed by atoms with van der Waals surface area (Å²) in [7, 11) is 1.65. The van der Waals surface area contributed by atoms with Gasteiger partial charge >= 0.3 is 0 Å². The molecule has 0 unspecified atom stereocenters. The Balaban J connectivity index is 2.51. The van der Waals surface area contributed by atoms with Gasteiger partial charge in [0.2, 0.25) is 0 Å². The number of rotatable bonds is 6. The van der Waals surface area contributed by atoms with Crippen molar-refractivity contribution in [2.24, 2.45) is 0 Å². The summed E-state index contributed by atoms with van der Waals surface area (Å²) in [6.07, 6.45) is 0.753. The number of ether oxygens (including phenoxy) is 1. The van der Waals surface area contributed by atoms with Gasteiger partial charge in [-0.1, -0.05) is 12.1 Å². The zero-order valence-corrected chi connectivity index (χ0v) is 13.4. The maximum Gasteiger partial charge on any atom is 0.256 e. The summed E-state index contributed by atoms with van der Waals surface area (Å²) < 4.78 is 6.81. The molecule has 1 aromatic carbocycles. The number of methoxy groups -OCH3 is 1. The van der Waals surface area contributed by atoms with Gasteiger partial charge in [-0.25, -0.2) is 0 Å². The molecule has 0 fully saturated rings. The van der Waals surface area contributed by atoms with Crippen LogP contribution in [-0.4, -0.2) is 23.4 Å². The first-order chi connectivity index (χ1) is 10.6. The van der Waals surface area contributed by atoms with E-state index in [1.54, 1.807) is 17.7 Å². The fourth-order valence-corrected chi connectivity index (χ4v) is 2.49. The molecule has 0 aliphatic heterocycles. The average molecular weight is 301 g/mol. The van der Waals surface area contributed by atoms with Crippen molar-refractivity contribution in [3.8, 4) is 11.3 Å². The van der Waals surface area contributed by atoms with E-state index < -0.39 is 0 Å². The summed E-state index contributed by atoms with van der Waals surface area (Å²) in [4.78, 5) is 12.5. The quantitative estimate of drug-likeness (QED) is 0.835. The zero-order chi connectivity index (χ0) is 16.1. The number of aryl methyl sites for hydroxylation is 2. The smallest absolute Gasteiger partial charge is 0.256 e. The molecule has 0 aliphatic carbocycles. The van der Waals surface area contributed by atoms with E-state index in [2.05, 4.69) is 26.0 Å². The van der Waals surface area contributed by atoms with E-state index in [1.807, 2.05) is 12.1 Å². The number of hydrogen-bond acceptors (Lipinski definition) is 3. The molecule has 0 amide bonds. The second kappa shape index (κ2) is 7.38. The highest BCUT2D eigenvalue weighted by Gasteiger charge is 2.10. The number of aliphatic hydroxyl groups excluding tert-OH is 1. The third-order valence-corrected chi connectivity index (χ3v) is 3.96. The molecule has 0 atom stereocenters. The maximum absolute atomic E-state index is 12.5. The van der Waals surface area contributed by atoms with E-state index in [9.17, 15) is 9.90 Å². The molecular weight excluding hydrogens is 278 g/mol. The van der Waals surface area contributed by atoms with Gasteiger partial charge in [0.25, 0.3) is 5.56 Å². The second-order valence-electron chi connectivity index (χ2n) is 5.50. The van der Waals surface area contributed by atoms with Crippen molar-refractivity contribution in [1.82, 2.24) is 4.57 Å². The zero-order valence-electron chi connectivity index (χ0n) is 13.4. The average Bonchev–Trinajstić information content (AvgIpc) is 2.51. The molecule has 2 aromatic rings. The van der Waals surface area contributed by atoms with E-state index in [0.29, 0.717) is 18.7 Å². The molecule has 0 saturated heterocycles. The highest BCUT2D eigenvalue weighted by Crippen LogP contribution is 2.22. The molecule has 22 heavy (non-hydrogen) atoms. The van der Waals surface area contributed by atoms with Crippen LogP contribution in [0.1, 0.15) is 23.1 Å². The number of aromatic nitrogens is 1. The van der Waals surface area contributed by atoms with E-state index in [1.165, 1.54) is 11.1 Å². The van der Waals surface area contributed by atoms with Crippen molar-refractivity contribution in [2.45, 2.75) is 33.4 Å². The minimum atomic E-state index is -0.240. The van der Waals surface area contributed by atoms with Crippen molar-refractivity contribution >= 4 is 0 Å². The van der Waals surface area contributed by atoms with E-state index in [0.717, 1.165) is 17.7 Å². The largest absolute Gasteiger partial charge is 0.391 e. The second-order valence-corrected chi connectivity index (χ2v) is 5.50.